The highest BCUT2D eigenvalue weighted by molar-refractivity contribution is 5.96. The van der Waals surface area contributed by atoms with E-state index in [9.17, 15) is 14.4 Å². The highest BCUT2D eigenvalue weighted by Gasteiger charge is 2.17. The summed E-state index contributed by atoms with van der Waals surface area (Å²) in [5.74, 6) is -1.51. The molecule has 0 aliphatic rings. The van der Waals surface area contributed by atoms with Crippen molar-refractivity contribution < 1.29 is 19.1 Å². The van der Waals surface area contributed by atoms with Crippen molar-refractivity contribution in [2.24, 2.45) is 0 Å². The minimum Gasteiger partial charge on any atom is -0.451 e. The third-order valence-corrected chi connectivity index (χ3v) is 2.07. The van der Waals surface area contributed by atoms with Crippen molar-refractivity contribution in [3.63, 3.8) is 0 Å². The van der Waals surface area contributed by atoms with E-state index in [0.29, 0.717) is 5.69 Å². The third-order valence-electron chi connectivity index (χ3n) is 2.07. The summed E-state index contributed by atoms with van der Waals surface area (Å²) in [6, 6.07) is -0.654. The molecule has 8 heteroatoms. The number of carbonyl (C=O) groups excluding carboxylic acids is 3. The molecule has 1 rings (SSSR count). The molecular formula is C13H18N4O4. The van der Waals surface area contributed by atoms with Crippen LogP contribution in [0.25, 0.3) is 0 Å². The summed E-state index contributed by atoms with van der Waals surface area (Å²) in [6.45, 7) is 6.46. The van der Waals surface area contributed by atoms with E-state index < -0.39 is 30.1 Å². The van der Waals surface area contributed by atoms with Crippen molar-refractivity contribution in [3.8, 4) is 0 Å². The summed E-state index contributed by atoms with van der Waals surface area (Å²) in [4.78, 5) is 42.1. The van der Waals surface area contributed by atoms with Gasteiger partial charge in [-0.25, -0.2) is 14.6 Å². The van der Waals surface area contributed by atoms with Gasteiger partial charge in [-0.1, -0.05) is 0 Å². The Morgan fingerprint density at radius 2 is 1.86 bits per heavy atom. The fourth-order valence-electron chi connectivity index (χ4n) is 1.24. The molecule has 0 bridgehead atoms. The van der Waals surface area contributed by atoms with Crippen LogP contribution in [0, 0.1) is 6.92 Å². The Kier molecular flexibility index (Phi) is 5.34. The van der Waals surface area contributed by atoms with Crippen molar-refractivity contribution in [1.82, 2.24) is 20.6 Å². The lowest BCUT2D eigenvalue weighted by Gasteiger charge is -2.20. The zero-order chi connectivity index (χ0) is 16.0. The van der Waals surface area contributed by atoms with Crippen LogP contribution in [0.4, 0.5) is 4.79 Å². The quantitative estimate of drug-likeness (QED) is 0.788. The largest absolute Gasteiger partial charge is 0.451 e. The Morgan fingerprint density at radius 3 is 2.38 bits per heavy atom. The summed E-state index contributed by atoms with van der Waals surface area (Å²) in [5, 5.41) is 4.59. The molecule has 1 aromatic heterocycles. The number of amides is 3. The Bertz CT molecular complexity index is 534. The molecule has 0 saturated carbocycles. The van der Waals surface area contributed by atoms with E-state index in [2.05, 4.69) is 20.6 Å². The number of aryl methyl sites for hydroxylation is 1. The third kappa shape index (κ3) is 6.46. The lowest BCUT2D eigenvalue weighted by atomic mass is 10.1. The number of hydrogen-bond donors (Lipinski definition) is 2. The van der Waals surface area contributed by atoms with E-state index in [1.165, 1.54) is 12.4 Å². The smallest absolute Gasteiger partial charge is 0.359 e. The second-order valence-corrected chi connectivity index (χ2v) is 5.37. The average molecular weight is 294 g/mol. The number of nitrogens with one attached hydrogen (secondary N) is 2. The molecule has 8 nitrogen and oxygen atoms in total. The first-order valence-corrected chi connectivity index (χ1v) is 6.25. The van der Waals surface area contributed by atoms with Gasteiger partial charge in [-0.05, 0) is 27.7 Å². The number of rotatable bonds is 3. The summed E-state index contributed by atoms with van der Waals surface area (Å²) < 4.78 is 4.73. The number of aromatic nitrogens is 2. The van der Waals surface area contributed by atoms with E-state index in [-0.39, 0.29) is 5.69 Å². The van der Waals surface area contributed by atoms with Gasteiger partial charge in [0, 0.05) is 11.7 Å². The highest BCUT2D eigenvalue weighted by Crippen LogP contribution is 1.98. The highest BCUT2D eigenvalue weighted by atomic mass is 16.5. The lowest BCUT2D eigenvalue weighted by Crippen LogP contribution is -2.49. The summed E-state index contributed by atoms with van der Waals surface area (Å²) in [5.41, 5.74) is 0.175. The van der Waals surface area contributed by atoms with E-state index in [1.54, 1.807) is 27.7 Å². The van der Waals surface area contributed by atoms with Crippen molar-refractivity contribution in [3.05, 3.63) is 23.8 Å². The molecule has 0 unspecified atom stereocenters. The van der Waals surface area contributed by atoms with Crippen LogP contribution in [-0.4, -0.2) is 40.0 Å². The molecule has 0 fully saturated rings. The number of urea groups is 1. The topological polar surface area (TPSA) is 110 Å². The van der Waals surface area contributed by atoms with E-state index >= 15 is 0 Å². The van der Waals surface area contributed by atoms with Gasteiger partial charge in [0.05, 0.1) is 11.9 Å². The fourth-order valence-corrected chi connectivity index (χ4v) is 1.24. The second kappa shape index (κ2) is 6.78. The number of carbonyl (C=O) groups is 3. The average Bonchev–Trinajstić information content (AvgIpc) is 2.34. The van der Waals surface area contributed by atoms with Gasteiger partial charge in [0.2, 0.25) is 0 Å². The summed E-state index contributed by atoms with van der Waals surface area (Å²) in [6.07, 6.45) is 2.66. The second-order valence-electron chi connectivity index (χ2n) is 5.37. The molecule has 0 atom stereocenters. The number of ether oxygens (including phenoxy) is 1. The van der Waals surface area contributed by atoms with Crippen molar-refractivity contribution >= 4 is 17.9 Å². The van der Waals surface area contributed by atoms with Crippen LogP contribution in [-0.2, 0) is 9.53 Å². The van der Waals surface area contributed by atoms with Gasteiger partial charge >= 0.3 is 12.0 Å². The number of imide groups is 1. The number of hydrogen-bond acceptors (Lipinski definition) is 6. The van der Waals surface area contributed by atoms with Crippen LogP contribution in [0.15, 0.2) is 12.4 Å². The Morgan fingerprint density at radius 1 is 1.19 bits per heavy atom. The molecule has 0 spiro atoms. The first kappa shape index (κ1) is 16.5. The molecule has 21 heavy (non-hydrogen) atoms. The number of esters is 1. The van der Waals surface area contributed by atoms with Crippen LogP contribution < -0.4 is 10.6 Å². The van der Waals surface area contributed by atoms with Gasteiger partial charge in [0.15, 0.2) is 12.3 Å². The maximum absolute atomic E-state index is 11.6. The first-order valence-electron chi connectivity index (χ1n) is 6.25. The molecule has 0 radical (unpaired) electrons. The van der Waals surface area contributed by atoms with Crippen LogP contribution in [0.2, 0.25) is 0 Å². The molecule has 2 N–H and O–H groups in total. The molecule has 1 heterocycles. The van der Waals surface area contributed by atoms with Gasteiger partial charge in [0.1, 0.15) is 0 Å². The Balaban J connectivity index is 2.41. The molecule has 3 amide bonds. The molecule has 114 valence electrons. The Labute approximate surface area is 122 Å². The zero-order valence-electron chi connectivity index (χ0n) is 12.4. The maximum Gasteiger partial charge on any atom is 0.359 e. The van der Waals surface area contributed by atoms with Gasteiger partial charge in [0.25, 0.3) is 5.91 Å². The fraction of sp³-hybridized carbons (Fsp3) is 0.462. The van der Waals surface area contributed by atoms with E-state index in [1.807, 2.05) is 0 Å². The minimum absolute atomic E-state index is 0.00690. The van der Waals surface area contributed by atoms with Crippen LogP contribution >= 0.6 is 0 Å². The minimum atomic E-state index is -0.783. The predicted molar refractivity (Wildman–Crippen MR) is 73.5 cm³/mol. The predicted octanol–water partition coefficient (Wildman–Crippen LogP) is 0.566. The van der Waals surface area contributed by atoms with Gasteiger partial charge in [-0.15, -0.1) is 0 Å². The van der Waals surface area contributed by atoms with Gasteiger partial charge in [-0.2, -0.15) is 0 Å². The van der Waals surface area contributed by atoms with Crippen LogP contribution in [0.3, 0.4) is 0 Å². The monoisotopic (exact) mass is 294 g/mol. The molecule has 1 aromatic rings. The SMILES string of the molecule is Cc1cnc(C(=O)OCC(=O)NC(=O)NC(C)(C)C)cn1. The normalized spacial score (nSPS) is 10.7. The molecule has 0 aliphatic heterocycles. The number of nitrogens with zero attached hydrogens (tertiary/aromatic N) is 2. The summed E-state index contributed by atoms with van der Waals surface area (Å²) >= 11 is 0. The summed E-state index contributed by atoms with van der Waals surface area (Å²) in [7, 11) is 0. The maximum atomic E-state index is 11.6. The van der Waals surface area contributed by atoms with Crippen LogP contribution in [0.1, 0.15) is 37.0 Å². The Hall–Kier alpha value is -2.51. The molecule has 0 aromatic carbocycles. The molecular weight excluding hydrogens is 276 g/mol. The van der Waals surface area contributed by atoms with Crippen molar-refractivity contribution in [2.75, 3.05) is 6.61 Å². The van der Waals surface area contributed by atoms with Gasteiger partial charge in [-0.3, -0.25) is 15.1 Å². The van der Waals surface area contributed by atoms with Crippen molar-refractivity contribution in [1.29, 1.82) is 0 Å². The van der Waals surface area contributed by atoms with Gasteiger partial charge < -0.3 is 10.1 Å². The lowest BCUT2D eigenvalue weighted by molar-refractivity contribution is -0.123. The first-order chi connectivity index (χ1) is 9.67. The zero-order valence-corrected chi connectivity index (χ0v) is 12.4. The molecule has 0 saturated heterocycles. The van der Waals surface area contributed by atoms with E-state index in [0.717, 1.165) is 0 Å². The van der Waals surface area contributed by atoms with Crippen LogP contribution in [0.5, 0.6) is 0 Å². The molecule has 0 aliphatic carbocycles. The standard InChI is InChI=1S/C13H18N4O4/c1-8-5-15-9(6-14-8)11(19)21-7-10(18)16-12(20)17-13(2,3)4/h5-6H,7H2,1-4H3,(H2,16,17,18,20). The van der Waals surface area contributed by atoms with E-state index in [4.69, 9.17) is 4.74 Å². The van der Waals surface area contributed by atoms with Crippen molar-refractivity contribution in [2.45, 2.75) is 33.2 Å².